The number of carbonyl (C=O) groups is 1. The SMILES string of the molecule is CN(C)C(CCc1ccccc1)C1CCC(CNC(=O)COCCN(Cc2ccccc2)S(=O)(=O)c2ccccc2)CC1. The Labute approximate surface area is 258 Å². The highest BCUT2D eigenvalue weighted by Crippen LogP contribution is 2.33. The van der Waals surface area contributed by atoms with Gasteiger partial charge in [-0.3, -0.25) is 4.79 Å². The summed E-state index contributed by atoms with van der Waals surface area (Å²) >= 11 is 0. The highest BCUT2D eigenvalue weighted by atomic mass is 32.2. The molecule has 1 unspecified atom stereocenters. The fraction of sp³-hybridized carbons (Fsp3) is 0.457. The van der Waals surface area contributed by atoms with Gasteiger partial charge < -0.3 is 15.0 Å². The molecule has 1 amide bonds. The van der Waals surface area contributed by atoms with Crippen molar-refractivity contribution in [3.05, 3.63) is 102 Å². The van der Waals surface area contributed by atoms with Gasteiger partial charge in [0.15, 0.2) is 0 Å². The number of hydrogen-bond acceptors (Lipinski definition) is 5. The third-order valence-corrected chi connectivity index (χ3v) is 10.4. The van der Waals surface area contributed by atoms with E-state index in [0.29, 0.717) is 24.4 Å². The van der Waals surface area contributed by atoms with Crippen LogP contribution in [-0.2, 0) is 32.5 Å². The van der Waals surface area contributed by atoms with Crippen LogP contribution >= 0.6 is 0 Å². The molecule has 1 aliphatic rings. The summed E-state index contributed by atoms with van der Waals surface area (Å²) in [6, 6.07) is 29.2. The summed E-state index contributed by atoms with van der Waals surface area (Å²) < 4.78 is 33.7. The minimum atomic E-state index is -3.71. The summed E-state index contributed by atoms with van der Waals surface area (Å²) in [4.78, 5) is 15.2. The van der Waals surface area contributed by atoms with Gasteiger partial charge in [0.05, 0.1) is 11.5 Å². The molecule has 1 N–H and O–H groups in total. The van der Waals surface area contributed by atoms with Gasteiger partial charge in [-0.1, -0.05) is 78.9 Å². The molecule has 0 saturated heterocycles. The molecule has 0 heterocycles. The van der Waals surface area contributed by atoms with Crippen LogP contribution in [0.3, 0.4) is 0 Å². The highest BCUT2D eigenvalue weighted by Gasteiger charge is 2.29. The Morgan fingerprint density at radius 1 is 0.860 bits per heavy atom. The summed E-state index contributed by atoms with van der Waals surface area (Å²) in [5, 5.41) is 3.04. The Hall–Kier alpha value is -3.04. The molecular formula is C35H47N3O4S. The monoisotopic (exact) mass is 605 g/mol. The van der Waals surface area contributed by atoms with Crippen LogP contribution in [0.4, 0.5) is 0 Å². The molecule has 4 rings (SSSR count). The minimum absolute atomic E-state index is 0.0813. The molecule has 3 aromatic carbocycles. The third kappa shape index (κ3) is 10.3. The zero-order chi connectivity index (χ0) is 30.5. The largest absolute Gasteiger partial charge is 0.370 e. The van der Waals surface area contributed by atoms with Crippen LogP contribution < -0.4 is 5.32 Å². The van der Waals surface area contributed by atoms with Gasteiger partial charge in [0.2, 0.25) is 15.9 Å². The van der Waals surface area contributed by atoms with Gasteiger partial charge in [0.25, 0.3) is 0 Å². The lowest BCUT2D eigenvalue weighted by molar-refractivity contribution is -0.126. The van der Waals surface area contributed by atoms with Crippen molar-refractivity contribution in [1.29, 1.82) is 0 Å². The van der Waals surface area contributed by atoms with Crippen molar-refractivity contribution in [1.82, 2.24) is 14.5 Å². The van der Waals surface area contributed by atoms with Crippen molar-refractivity contribution in [3.8, 4) is 0 Å². The van der Waals surface area contributed by atoms with Crippen LogP contribution in [0.15, 0.2) is 95.9 Å². The molecule has 0 radical (unpaired) electrons. The number of sulfonamides is 1. The predicted octanol–water partition coefficient (Wildman–Crippen LogP) is 5.38. The maximum absolute atomic E-state index is 13.3. The van der Waals surface area contributed by atoms with E-state index < -0.39 is 10.0 Å². The lowest BCUT2D eigenvalue weighted by Gasteiger charge is -2.37. The molecule has 0 spiro atoms. The van der Waals surface area contributed by atoms with E-state index in [-0.39, 0.29) is 37.1 Å². The Bertz CT molecular complexity index is 1330. The maximum Gasteiger partial charge on any atom is 0.246 e. The van der Waals surface area contributed by atoms with Crippen molar-refractivity contribution in [2.75, 3.05) is 40.4 Å². The van der Waals surface area contributed by atoms with Gasteiger partial charge in [0.1, 0.15) is 6.61 Å². The number of carbonyl (C=O) groups excluding carboxylic acids is 1. The van der Waals surface area contributed by atoms with Gasteiger partial charge in [-0.15, -0.1) is 0 Å². The fourth-order valence-electron chi connectivity index (χ4n) is 6.11. The van der Waals surface area contributed by atoms with E-state index in [1.165, 1.54) is 22.7 Å². The maximum atomic E-state index is 13.3. The van der Waals surface area contributed by atoms with Crippen LogP contribution in [0.1, 0.15) is 43.2 Å². The van der Waals surface area contributed by atoms with Gasteiger partial charge in [0, 0.05) is 25.7 Å². The molecule has 0 aromatic heterocycles. The lowest BCUT2D eigenvalue weighted by Crippen LogP contribution is -2.39. The average molecular weight is 606 g/mol. The molecule has 43 heavy (non-hydrogen) atoms. The topological polar surface area (TPSA) is 79.0 Å². The number of nitrogens with zero attached hydrogens (tertiary/aromatic N) is 2. The Balaban J connectivity index is 1.18. The highest BCUT2D eigenvalue weighted by molar-refractivity contribution is 7.89. The van der Waals surface area contributed by atoms with Crippen LogP contribution in [0.2, 0.25) is 0 Å². The molecule has 1 saturated carbocycles. The summed E-state index contributed by atoms with van der Waals surface area (Å²) in [5.41, 5.74) is 2.29. The van der Waals surface area contributed by atoms with Gasteiger partial charge >= 0.3 is 0 Å². The number of ether oxygens (including phenoxy) is 1. The number of benzene rings is 3. The molecule has 0 aliphatic heterocycles. The van der Waals surface area contributed by atoms with Crippen molar-refractivity contribution in [2.45, 2.75) is 56.0 Å². The first kappa shape index (κ1) is 32.9. The molecule has 7 nitrogen and oxygen atoms in total. The number of aryl methyl sites for hydroxylation is 1. The van der Waals surface area contributed by atoms with E-state index in [4.69, 9.17) is 4.74 Å². The summed E-state index contributed by atoms with van der Waals surface area (Å²) in [7, 11) is 0.680. The fourth-order valence-corrected chi connectivity index (χ4v) is 7.54. The number of amides is 1. The first-order valence-corrected chi connectivity index (χ1v) is 16.9. The van der Waals surface area contributed by atoms with E-state index in [1.54, 1.807) is 30.3 Å². The van der Waals surface area contributed by atoms with Crippen LogP contribution in [0, 0.1) is 11.8 Å². The molecule has 8 heteroatoms. The van der Waals surface area contributed by atoms with Crippen molar-refractivity contribution in [3.63, 3.8) is 0 Å². The standard InChI is InChI=1S/C35H47N3O4S/c1-37(2)34(23-20-29-12-6-3-7-13-29)32-21-18-30(19-22-32)26-36-35(39)28-42-25-24-38(27-31-14-8-4-9-15-31)43(40,41)33-16-10-5-11-17-33/h3-17,30,32,34H,18-28H2,1-2H3,(H,36,39). The molecular weight excluding hydrogens is 558 g/mol. The number of hydrogen-bond donors (Lipinski definition) is 1. The van der Waals surface area contributed by atoms with Crippen molar-refractivity contribution >= 4 is 15.9 Å². The molecule has 232 valence electrons. The molecule has 3 aromatic rings. The number of rotatable bonds is 16. The van der Waals surface area contributed by atoms with Crippen LogP contribution in [0.5, 0.6) is 0 Å². The van der Waals surface area contributed by atoms with E-state index in [9.17, 15) is 13.2 Å². The van der Waals surface area contributed by atoms with Crippen molar-refractivity contribution < 1.29 is 17.9 Å². The van der Waals surface area contributed by atoms with E-state index in [0.717, 1.165) is 31.2 Å². The Morgan fingerprint density at radius 2 is 1.44 bits per heavy atom. The predicted molar refractivity (Wildman–Crippen MR) is 172 cm³/mol. The third-order valence-electron chi connectivity index (χ3n) is 8.56. The molecule has 0 bridgehead atoms. The smallest absolute Gasteiger partial charge is 0.246 e. The summed E-state index contributed by atoms with van der Waals surface area (Å²) in [6.45, 7) is 1.10. The van der Waals surface area contributed by atoms with Crippen LogP contribution in [-0.4, -0.2) is 70.0 Å². The lowest BCUT2D eigenvalue weighted by atomic mass is 9.76. The molecule has 1 fully saturated rings. The van der Waals surface area contributed by atoms with E-state index >= 15 is 0 Å². The summed E-state index contributed by atoms with van der Waals surface area (Å²) in [5.74, 6) is 1.01. The van der Waals surface area contributed by atoms with Gasteiger partial charge in [-0.05, 0) is 87.7 Å². The second-order valence-corrected chi connectivity index (χ2v) is 13.8. The first-order valence-electron chi connectivity index (χ1n) is 15.5. The van der Waals surface area contributed by atoms with Gasteiger partial charge in [-0.2, -0.15) is 4.31 Å². The van der Waals surface area contributed by atoms with Crippen LogP contribution in [0.25, 0.3) is 0 Å². The van der Waals surface area contributed by atoms with E-state index in [2.05, 4.69) is 54.6 Å². The second kappa shape index (κ2) is 16.7. The quantitative estimate of drug-likeness (QED) is 0.222. The minimum Gasteiger partial charge on any atom is -0.370 e. The average Bonchev–Trinajstić information content (AvgIpc) is 3.03. The Kier molecular flexibility index (Phi) is 12.8. The zero-order valence-electron chi connectivity index (χ0n) is 25.6. The first-order chi connectivity index (χ1) is 20.8. The normalized spacial score (nSPS) is 18.0. The molecule has 1 aliphatic carbocycles. The van der Waals surface area contributed by atoms with E-state index in [1.807, 2.05) is 30.3 Å². The second-order valence-electron chi connectivity index (χ2n) is 11.8. The zero-order valence-corrected chi connectivity index (χ0v) is 26.4. The van der Waals surface area contributed by atoms with Gasteiger partial charge in [-0.25, -0.2) is 8.42 Å². The Morgan fingerprint density at radius 3 is 2.05 bits per heavy atom. The molecule has 1 atom stereocenters. The van der Waals surface area contributed by atoms with Crippen molar-refractivity contribution in [2.24, 2.45) is 11.8 Å². The number of nitrogens with one attached hydrogen (secondary N) is 1. The summed E-state index contributed by atoms with van der Waals surface area (Å²) in [6.07, 6.45) is 6.86.